The lowest BCUT2D eigenvalue weighted by atomic mass is 10.1. The maximum atomic E-state index is 12.9. The molecule has 0 atom stereocenters. The van der Waals surface area contributed by atoms with Gasteiger partial charge in [0.05, 0.1) is 0 Å². The summed E-state index contributed by atoms with van der Waals surface area (Å²) in [5, 5.41) is 3.44. The highest BCUT2D eigenvalue weighted by molar-refractivity contribution is 7.22. The van der Waals surface area contributed by atoms with Crippen molar-refractivity contribution in [3.63, 3.8) is 0 Å². The lowest BCUT2D eigenvalue weighted by Crippen LogP contribution is -2.29. The van der Waals surface area contributed by atoms with Crippen LogP contribution >= 0.6 is 11.3 Å². The zero-order valence-corrected chi connectivity index (χ0v) is 15.3. The quantitative estimate of drug-likeness (QED) is 0.744. The van der Waals surface area contributed by atoms with Crippen molar-refractivity contribution < 1.29 is 9.18 Å². The van der Waals surface area contributed by atoms with Crippen LogP contribution in [-0.4, -0.2) is 33.5 Å². The van der Waals surface area contributed by atoms with Crippen molar-refractivity contribution in [1.82, 2.24) is 14.5 Å². The fourth-order valence-corrected chi connectivity index (χ4v) is 4.08. The normalized spacial score (nSPS) is 14.5. The second-order valence-corrected chi connectivity index (χ2v) is 7.41. The SMILES string of the molecule is O=C(Cn1cnc2nc(N3CCCCC3)sc2c1=O)Nc1ccc(F)cc1. The second-order valence-electron chi connectivity index (χ2n) is 6.43. The zero-order chi connectivity index (χ0) is 18.8. The first kappa shape index (κ1) is 17.6. The minimum atomic E-state index is -0.384. The molecule has 9 heteroatoms. The van der Waals surface area contributed by atoms with Gasteiger partial charge in [-0.05, 0) is 43.5 Å². The van der Waals surface area contributed by atoms with Crippen LogP contribution in [0, 0.1) is 5.82 Å². The highest BCUT2D eigenvalue weighted by atomic mass is 32.1. The van der Waals surface area contributed by atoms with E-state index in [1.54, 1.807) is 0 Å². The van der Waals surface area contributed by atoms with Crippen LogP contribution in [0.3, 0.4) is 0 Å². The van der Waals surface area contributed by atoms with Crippen LogP contribution in [0.4, 0.5) is 15.2 Å². The van der Waals surface area contributed by atoms with Crippen molar-refractivity contribution in [2.45, 2.75) is 25.8 Å². The van der Waals surface area contributed by atoms with E-state index in [-0.39, 0.29) is 23.8 Å². The number of benzene rings is 1. The van der Waals surface area contributed by atoms with Gasteiger partial charge < -0.3 is 10.2 Å². The summed E-state index contributed by atoms with van der Waals surface area (Å²) >= 11 is 1.32. The Bertz CT molecular complexity index is 1020. The molecule has 1 N–H and O–H groups in total. The maximum Gasteiger partial charge on any atom is 0.273 e. The number of aromatic nitrogens is 3. The molecule has 2 aromatic heterocycles. The summed E-state index contributed by atoms with van der Waals surface area (Å²) in [5.74, 6) is -0.765. The fraction of sp³-hybridized carbons (Fsp3) is 0.333. The molecule has 0 spiro atoms. The Hall–Kier alpha value is -2.81. The average molecular weight is 387 g/mol. The van der Waals surface area contributed by atoms with E-state index in [2.05, 4.69) is 20.2 Å². The largest absolute Gasteiger partial charge is 0.348 e. The standard InChI is InChI=1S/C18H18FN5O2S/c19-12-4-6-13(7-5-12)21-14(25)10-24-11-20-16-15(17(24)26)27-18(22-16)23-8-2-1-3-9-23/h4-7,11H,1-3,8-10H2,(H,21,25). The number of thiazole rings is 1. The summed E-state index contributed by atoms with van der Waals surface area (Å²) in [6.45, 7) is 1.71. The molecule has 0 unspecified atom stereocenters. The summed E-state index contributed by atoms with van der Waals surface area (Å²) in [4.78, 5) is 35.8. The third-order valence-electron chi connectivity index (χ3n) is 4.44. The molecule has 1 saturated heterocycles. The van der Waals surface area contributed by atoms with Crippen molar-refractivity contribution in [3.05, 3.63) is 46.8 Å². The molecule has 3 heterocycles. The van der Waals surface area contributed by atoms with Crippen molar-refractivity contribution in [2.75, 3.05) is 23.3 Å². The molecule has 3 aromatic rings. The highest BCUT2D eigenvalue weighted by Gasteiger charge is 2.18. The molecule has 1 aliphatic rings. The van der Waals surface area contributed by atoms with E-state index in [1.807, 2.05) is 0 Å². The van der Waals surface area contributed by atoms with Crippen LogP contribution in [0.25, 0.3) is 10.3 Å². The third-order valence-corrected chi connectivity index (χ3v) is 5.53. The predicted octanol–water partition coefficient (Wildman–Crippen LogP) is 2.62. The van der Waals surface area contributed by atoms with Gasteiger partial charge in [0.1, 0.15) is 23.4 Å². The van der Waals surface area contributed by atoms with Crippen molar-refractivity contribution >= 4 is 38.4 Å². The van der Waals surface area contributed by atoms with E-state index in [1.165, 1.54) is 52.9 Å². The molecule has 1 amide bonds. The number of hydrogen-bond donors (Lipinski definition) is 1. The first-order valence-corrected chi connectivity index (χ1v) is 9.58. The van der Waals surface area contributed by atoms with Crippen molar-refractivity contribution in [1.29, 1.82) is 0 Å². The summed E-state index contributed by atoms with van der Waals surface area (Å²) in [5.41, 5.74) is 0.601. The molecule has 1 fully saturated rings. The zero-order valence-electron chi connectivity index (χ0n) is 14.5. The first-order chi connectivity index (χ1) is 13.1. The second kappa shape index (κ2) is 7.43. The molecule has 7 nitrogen and oxygen atoms in total. The lowest BCUT2D eigenvalue weighted by Gasteiger charge is -2.25. The third kappa shape index (κ3) is 3.82. The molecule has 1 aliphatic heterocycles. The molecule has 1 aromatic carbocycles. The number of anilines is 2. The molecule has 0 bridgehead atoms. The van der Waals surface area contributed by atoms with Crippen molar-refractivity contribution in [3.8, 4) is 0 Å². The Morgan fingerprint density at radius 2 is 1.93 bits per heavy atom. The van der Waals surface area contributed by atoms with Gasteiger partial charge in [-0.2, -0.15) is 4.98 Å². The summed E-state index contributed by atoms with van der Waals surface area (Å²) in [7, 11) is 0. The number of amides is 1. The average Bonchev–Trinajstić information content (AvgIpc) is 3.12. The summed E-state index contributed by atoms with van der Waals surface area (Å²) in [6.07, 6.45) is 4.80. The van der Waals surface area contributed by atoms with Crippen LogP contribution in [0.15, 0.2) is 35.4 Å². The van der Waals surface area contributed by atoms with E-state index in [0.717, 1.165) is 31.1 Å². The van der Waals surface area contributed by atoms with Crippen LogP contribution < -0.4 is 15.8 Å². The van der Waals surface area contributed by atoms with E-state index in [9.17, 15) is 14.0 Å². The van der Waals surface area contributed by atoms with E-state index < -0.39 is 0 Å². The van der Waals surface area contributed by atoms with Gasteiger partial charge in [0.15, 0.2) is 10.8 Å². The number of nitrogens with zero attached hydrogens (tertiary/aromatic N) is 4. The van der Waals surface area contributed by atoms with E-state index >= 15 is 0 Å². The highest BCUT2D eigenvalue weighted by Crippen LogP contribution is 2.27. The molecule has 140 valence electrons. The Balaban J connectivity index is 1.53. The van der Waals surface area contributed by atoms with Crippen LogP contribution in [-0.2, 0) is 11.3 Å². The molecule has 0 saturated carbocycles. The van der Waals surface area contributed by atoms with Gasteiger partial charge in [-0.1, -0.05) is 11.3 Å². The van der Waals surface area contributed by atoms with Crippen LogP contribution in [0.1, 0.15) is 19.3 Å². The van der Waals surface area contributed by atoms with Gasteiger partial charge in [-0.3, -0.25) is 14.2 Å². The number of rotatable bonds is 4. The van der Waals surface area contributed by atoms with Gasteiger partial charge >= 0.3 is 0 Å². The number of halogens is 1. The predicted molar refractivity (Wildman–Crippen MR) is 103 cm³/mol. The molecule has 0 radical (unpaired) electrons. The molecule has 0 aliphatic carbocycles. The van der Waals surface area contributed by atoms with Gasteiger partial charge in [0.25, 0.3) is 5.56 Å². The van der Waals surface area contributed by atoms with Crippen LogP contribution in [0.2, 0.25) is 0 Å². The van der Waals surface area contributed by atoms with Gasteiger partial charge in [-0.15, -0.1) is 0 Å². The monoisotopic (exact) mass is 387 g/mol. The Kier molecular flexibility index (Phi) is 4.85. The number of piperidine rings is 1. The van der Waals surface area contributed by atoms with Gasteiger partial charge in [-0.25, -0.2) is 9.37 Å². The molecule has 27 heavy (non-hydrogen) atoms. The molecule has 4 rings (SSSR count). The fourth-order valence-electron chi connectivity index (χ4n) is 3.06. The molecular weight excluding hydrogens is 369 g/mol. The number of fused-ring (bicyclic) bond motifs is 1. The van der Waals surface area contributed by atoms with E-state index in [4.69, 9.17) is 0 Å². The van der Waals surface area contributed by atoms with Crippen molar-refractivity contribution in [2.24, 2.45) is 0 Å². The Morgan fingerprint density at radius 3 is 2.67 bits per heavy atom. The first-order valence-electron chi connectivity index (χ1n) is 8.76. The number of carbonyl (C=O) groups is 1. The van der Waals surface area contributed by atoms with E-state index in [0.29, 0.717) is 16.0 Å². The van der Waals surface area contributed by atoms with Gasteiger partial charge in [0, 0.05) is 18.8 Å². The Labute approximate surface area is 158 Å². The van der Waals surface area contributed by atoms with Crippen LogP contribution in [0.5, 0.6) is 0 Å². The number of hydrogen-bond acceptors (Lipinski definition) is 6. The summed E-state index contributed by atoms with van der Waals surface area (Å²) < 4.78 is 14.6. The number of nitrogens with one attached hydrogen (secondary N) is 1. The Morgan fingerprint density at radius 1 is 1.19 bits per heavy atom. The van der Waals surface area contributed by atoms with Gasteiger partial charge in [0.2, 0.25) is 5.91 Å². The topological polar surface area (TPSA) is 80.1 Å². The minimum Gasteiger partial charge on any atom is -0.348 e. The summed E-state index contributed by atoms with van der Waals surface area (Å²) in [6, 6.07) is 5.45. The minimum absolute atomic E-state index is 0.171. The maximum absolute atomic E-state index is 12.9. The molecular formula is C18H18FN5O2S. The number of carbonyl (C=O) groups excluding carboxylic acids is 1. The lowest BCUT2D eigenvalue weighted by molar-refractivity contribution is -0.116. The smallest absolute Gasteiger partial charge is 0.273 e.